The second-order valence-corrected chi connectivity index (χ2v) is 5.96. The van der Waals surface area contributed by atoms with Crippen LogP contribution in [0.2, 0.25) is 0 Å². The number of carbonyl (C=O) groups is 1. The number of rotatable bonds is 1. The largest absolute Gasteiger partial charge is 0.308 e. The minimum Gasteiger partial charge on any atom is -0.308 e. The van der Waals surface area contributed by atoms with Gasteiger partial charge >= 0.3 is 0 Å². The van der Waals surface area contributed by atoms with Gasteiger partial charge in [-0.2, -0.15) is 0 Å². The summed E-state index contributed by atoms with van der Waals surface area (Å²) in [5, 5.41) is 0. The van der Waals surface area contributed by atoms with Gasteiger partial charge in [0.1, 0.15) is 0 Å². The molecule has 0 aliphatic carbocycles. The summed E-state index contributed by atoms with van der Waals surface area (Å²) in [4.78, 5) is 14.5. The number of aryl methyl sites for hydroxylation is 1. The normalized spacial score (nSPS) is 13.5. The van der Waals surface area contributed by atoms with Gasteiger partial charge < -0.3 is 4.90 Å². The average molecular weight is 363 g/mol. The molecule has 0 saturated carbocycles. The molecule has 0 unspecified atom stereocenters. The minimum absolute atomic E-state index is 0.0999. The summed E-state index contributed by atoms with van der Waals surface area (Å²) in [6.07, 6.45) is 0.949. The molecule has 1 amide bonds. The fourth-order valence-electron chi connectivity index (χ4n) is 2.43. The highest BCUT2D eigenvalue weighted by Crippen LogP contribution is 2.29. The van der Waals surface area contributed by atoms with Gasteiger partial charge in [0.2, 0.25) is 0 Å². The Bertz CT molecular complexity index is 651. The van der Waals surface area contributed by atoms with E-state index in [1.165, 1.54) is 11.1 Å². The van der Waals surface area contributed by atoms with E-state index in [1.807, 2.05) is 41.3 Å². The van der Waals surface area contributed by atoms with E-state index in [4.69, 9.17) is 0 Å². The summed E-state index contributed by atoms with van der Waals surface area (Å²) < 4.78 is 1.14. The first-order chi connectivity index (χ1) is 9.16. The monoisotopic (exact) mass is 363 g/mol. The highest BCUT2D eigenvalue weighted by Gasteiger charge is 2.25. The average Bonchev–Trinajstić information content (AvgIpc) is 2.85. The molecule has 2 nitrogen and oxygen atoms in total. The van der Waals surface area contributed by atoms with Crippen molar-refractivity contribution >= 4 is 34.2 Å². The zero-order chi connectivity index (χ0) is 13.4. The number of anilines is 1. The maximum atomic E-state index is 12.6. The van der Waals surface area contributed by atoms with E-state index in [9.17, 15) is 4.79 Å². The van der Waals surface area contributed by atoms with Crippen molar-refractivity contribution in [2.24, 2.45) is 0 Å². The number of halogens is 1. The van der Waals surface area contributed by atoms with Crippen LogP contribution in [0.1, 0.15) is 21.5 Å². The van der Waals surface area contributed by atoms with E-state index in [0.717, 1.165) is 27.8 Å². The molecule has 1 aliphatic rings. The predicted molar refractivity (Wildman–Crippen MR) is 85.7 cm³/mol. The lowest BCUT2D eigenvalue weighted by Gasteiger charge is -2.17. The summed E-state index contributed by atoms with van der Waals surface area (Å²) in [6, 6.07) is 14.0. The van der Waals surface area contributed by atoms with Crippen LogP contribution in [0.15, 0.2) is 42.5 Å². The molecule has 0 spiro atoms. The van der Waals surface area contributed by atoms with E-state index < -0.39 is 0 Å². The molecule has 96 valence electrons. The van der Waals surface area contributed by atoms with E-state index >= 15 is 0 Å². The molecule has 1 heterocycles. The molecule has 2 aromatic rings. The SMILES string of the molecule is Cc1ccc(C(=O)N2CCc3ccccc32)cc1I. The number of fused-ring (bicyclic) bond motifs is 1. The molecule has 0 fully saturated rings. The Hall–Kier alpha value is -1.36. The van der Waals surface area contributed by atoms with Gasteiger partial charge in [0, 0.05) is 21.4 Å². The first-order valence-corrected chi connectivity index (χ1v) is 7.40. The van der Waals surface area contributed by atoms with E-state index in [1.54, 1.807) is 0 Å². The Morgan fingerprint density at radius 1 is 1.21 bits per heavy atom. The number of hydrogen-bond acceptors (Lipinski definition) is 1. The molecule has 0 bridgehead atoms. The number of benzene rings is 2. The van der Waals surface area contributed by atoms with Crippen LogP contribution in [0.3, 0.4) is 0 Å². The van der Waals surface area contributed by atoms with Crippen molar-refractivity contribution in [2.75, 3.05) is 11.4 Å². The lowest BCUT2D eigenvalue weighted by atomic mass is 10.1. The fourth-order valence-corrected chi connectivity index (χ4v) is 2.95. The van der Waals surface area contributed by atoms with Crippen molar-refractivity contribution in [1.82, 2.24) is 0 Å². The lowest BCUT2D eigenvalue weighted by molar-refractivity contribution is 0.0989. The first kappa shape index (κ1) is 12.7. The molecule has 0 atom stereocenters. The smallest absolute Gasteiger partial charge is 0.258 e. The van der Waals surface area contributed by atoms with Gasteiger partial charge in [-0.3, -0.25) is 4.79 Å². The van der Waals surface area contributed by atoms with Gasteiger partial charge in [-0.1, -0.05) is 24.3 Å². The van der Waals surface area contributed by atoms with Crippen LogP contribution in [-0.2, 0) is 6.42 Å². The maximum absolute atomic E-state index is 12.6. The molecule has 1 aliphatic heterocycles. The van der Waals surface area contributed by atoms with Crippen molar-refractivity contribution in [1.29, 1.82) is 0 Å². The molecule has 3 rings (SSSR count). The molecule has 0 aromatic heterocycles. The van der Waals surface area contributed by atoms with Crippen molar-refractivity contribution in [3.05, 3.63) is 62.7 Å². The van der Waals surface area contributed by atoms with Gasteiger partial charge in [-0.25, -0.2) is 0 Å². The minimum atomic E-state index is 0.0999. The second kappa shape index (κ2) is 4.96. The topological polar surface area (TPSA) is 20.3 Å². The van der Waals surface area contributed by atoms with Gasteiger partial charge in [0.15, 0.2) is 0 Å². The Balaban J connectivity index is 1.95. The maximum Gasteiger partial charge on any atom is 0.258 e. The van der Waals surface area contributed by atoms with Gasteiger partial charge in [0.05, 0.1) is 0 Å². The Morgan fingerprint density at radius 2 is 2.00 bits per heavy atom. The van der Waals surface area contributed by atoms with Gasteiger partial charge in [0.25, 0.3) is 5.91 Å². The van der Waals surface area contributed by atoms with Crippen molar-refractivity contribution in [2.45, 2.75) is 13.3 Å². The third-order valence-electron chi connectivity index (χ3n) is 3.55. The molecule has 0 saturated heterocycles. The highest BCUT2D eigenvalue weighted by molar-refractivity contribution is 14.1. The van der Waals surface area contributed by atoms with Crippen LogP contribution in [0.5, 0.6) is 0 Å². The van der Waals surface area contributed by atoms with Crippen LogP contribution >= 0.6 is 22.6 Å². The molecule has 19 heavy (non-hydrogen) atoms. The molecular weight excluding hydrogens is 349 g/mol. The summed E-state index contributed by atoms with van der Waals surface area (Å²) in [7, 11) is 0. The van der Waals surface area contributed by atoms with Crippen molar-refractivity contribution < 1.29 is 4.79 Å². The molecule has 0 radical (unpaired) electrons. The van der Waals surface area contributed by atoms with E-state index in [-0.39, 0.29) is 5.91 Å². The van der Waals surface area contributed by atoms with Gasteiger partial charge in [-0.05, 0) is 65.3 Å². The Kier molecular flexibility index (Phi) is 3.31. The number of hydrogen-bond donors (Lipinski definition) is 0. The summed E-state index contributed by atoms with van der Waals surface area (Å²) in [6.45, 7) is 2.84. The van der Waals surface area contributed by atoms with Crippen molar-refractivity contribution in [3.8, 4) is 0 Å². The standard InChI is InChI=1S/C16H14INO/c1-11-6-7-13(10-14(11)17)16(19)18-9-8-12-4-2-3-5-15(12)18/h2-7,10H,8-9H2,1H3. The zero-order valence-corrected chi connectivity index (χ0v) is 12.8. The number of carbonyl (C=O) groups excluding carboxylic acids is 1. The summed E-state index contributed by atoms with van der Waals surface area (Å²) >= 11 is 2.28. The van der Waals surface area contributed by atoms with Crippen LogP contribution in [0.4, 0.5) is 5.69 Å². The molecule has 3 heteroatoms. The van der Waals surface area contributed by atoms with Crippen LogP contribution in [0.25, 0.3) is 0 Å². The van der Waals surface area contributed by atoms with E-state index in [0.29, 0.717) is 0 Å². The summed E-state index contributed by atoms with van der Waals surface area (Å²) in [5.74, 6) is 0.0999. The van der Waals surface area contributed by atoms with Crippen molar-refractivity contribution in [3.63, 3.8) is 0 Å². The first-order valence-electron chi connectivity index (χ1n) is 6.33. The third kappa shape index (κ3) is 2.27. The van der Waals surface area contributed by atoms with Crippen LogP contribution in [-0.4, -0.2) is 12.5 Å². The highest BCUT2D eigenvalue weighted by atomic mass is 127. The lowest BCUT2D eigenvalue weighted by Crippen LogP contribution is -2.28. The molecule has 0 N–H and O–H groups in total. The van der Waals surface area contributed by atoms with E-state index in [2.05, 4.69) is 35.6 Å². The molecular formula is C16H14INO. The number of para-hydroxylation sites is 1. The quantitative estimate of drug-likeness (QED) is 0.706. The predicted octanol–water partition coefficient (Wildman–Crippen LogP) is 3.80. The van der Waals surface area contributed by atoms with Gasteiger partial charge in [-0.15, -0.1) is 0 Å². The summed E-state index contributed by atoms with van der Waals surface area (Å²) in [5.41, 5.74) is 4.30. The Labute approximate surface area is 126 Å². The van der Waals surface area contributed by atoms with Crippen LogP contribution < -0.4 is 4.90 Å². The Morgan fingerprint density at radius 3 is 2.79 bits per heavy atom. The second-order valence-electron chi connectivity index (χ2n) is 4.80. The zero-order valence-electron chi connectivity index (χ0n) is 10.7. The fraction of sp³-hybridized carbons (Fsp3) is 0.188. The number of amides is 1. The van der Waals surface area contributed by atoms with Crippen LogP contribution in [0, 0.1) is 10.5 Å². The molecule has 2 aromatic carbocycles. The third-order valence-corrected chi connectivity index (χ3v) is 4.71. The number of nitrogens with zero attached hydrogens (tertiary/aromatic N) is 1.